The quantitative estimate of drug-likeness (QED) is 0.601. The van der Waals surface area contributed by atoms with Crippen LogP contribution < -0.4 is 5.32 Å². The maximum Gasteiger partial charge on any atom is 0.225 e. The molecule has 2 heterocycles. The maximum atomic E-state index is 11.9. The number of nitrogens with one attached hydrogen (secondary N) is 1. The highest BCUT2D eigenvalue weighted by Crippen LogP contribution is 2.21. The summed E-state index contributed by atoms with van der Waals surface area (Å²) in [6.07, 6.45) is 1.60. The summed E-state index contributed by atoms with van der Waals surface area (Å²) in [5.41, 5.74) is 0. The molecule has 0 radical (unpaired) electrons. The lowest BCUT2D eigenvalue weighted by molar-refractivity contribution is -0.146. The van der Waals surface area contributed by atoms with Crippen LogP contribution in [0, 0.1) is 5.92 Å². The highest BCUT2D eigenvalue weighted by molar-refractivity contribution is 5.79. The van der Waals surface area contributed by atoms with E-state index in [0.717, 1.165) is 19.4 Å². The zero-order chi connectivity index (χ0) is 10.1. The van der Waals surface area contributed by atoms with Gasteiger partial charge in [-0.15, -0.1) is 0 Å². The van der Waals surface area contributed by atoms with E-state index in [0.29, 0.717) is 19.1 Å². The summed E-state index contributed by atoms with van der Waals surface area (Å²) in [6, 6.07) is 0.448. The molecule has 4 nitrogen and oxygen atoms in total. The molecule has 1 amide bonds. The number of carbonyl (C=O) groups excluding carboxylic acids is 1. The minimum absolute atomic E-state index is 0.179. The van der Waals surface area contributed by atoms with Gasteiger partial charge in [-0.3, -0.25) is 4.79 Å². The molecule has 4 heteroatoms. The smallest absolute Gasteiger partial charge is 0.225 e. The largest absolute Gasteiger partial charge is 0.389 e. The van der Waals surface area contributed by atoms with Crippen LogP contribution in [0.3, 0.4) is 0 Å². The molecule has 80 valence electrons. The third-order valence-electron chi connectivity index (χ3n) is 3.15. The molecule has 2 aliphatic rings. The lowest BCUT2D eigenvalue weighted by atomic mass is 9.91. The fraction of sp³-hybridized carbons (Fsp3) is 0.900. The molecule has 0 saturated carbocycles. The summed E-state index contributed by atoms with van der Waals surface area (Å²) in [4.78, 5) is 13.6. The van der Waals surface area contributed by atoms with Gasteiger partial charge in [-0.25, -0.2) is 0 Å². The van der Waals surface area contributed by atoms with Gasteiger partial charge in [-0.1, -0.05) is 0 Å². The van der Waals surface area contributed by atoms with Gasteiger partial charge in [0, 0.05) is 25.0 Å². The molecule has 2 N–H and O–H groups in total. The molecule has 0 unspecified atom stereocenters. The van der Waals surface area contributed by atoms with Crippen molar-refractivity contribution in [3.8, 4) is 0 Å². The van der Waals surface area contributed by atoms with Crippen LogP contribution in [0.4, 0.5) is 0 Å². The lowest BCUT2D eigenvalue weighted by Crippen LogP contribution is -2.56. The first-order valence-corrected chi connectivity index (χ1v) is 5.37. The van der Waals surface area contributed by atoms with Gasteiger partial charge < -0.3 is 15.3 Å². The maximum absolute atomic E-state index is 11.9. The van der Waals surface area contributed by atoms with Crippen molar-refractivity contribution < 1.29 is 9.90 Å². The van der Waals surface area contributed by atoms with Gasteiger partial charge in [0.25, 0.3) is 0 Å². The van der Waals surface area contributed by atoms with Crippen LogP contribution in [-0.4, -0.2) is 47.7 Å². The fourth-order valence-corrected chi connectivity index (χ4v) is 2.25. The number of hydrogen-bond donors (Lipinski definition) is 2. The first-order valence-electron chi connectivity index (χ1n) is 5.37. The Bertz CT molecular complexity index is 226. The molecule has 0 spiro atoms. The molecule has 2 fully saturated rings. The van der Waals surface area contributed by atoms with Crippen LogP contribution >= 0.6 is 0 Å². The molecule has 0 aromatic heterocycles. The molecule has 2 atom stereocenters. The van der Waals surface area contributed by atoms with E-state index in [-0.39, 0.29) is 17.9 Å². The Labute approximate surface area is 84.3 Å². The second kappa shape index (κ2) is 3.87. The number of aliphatic hydroxyl groups is 1. The predicted octanol–water partition coefficient (Wildman–Crippen LogP) is -0.422. The predicted molar refractivity (Wildman–Crippen MR) is 52.8 cm³/mol. The number of piperidine rings is 1. The third-order valence-corrected chi connectivity index (χ3v) is 3.15. The van der Waals surface area contributed by atoms with E-state index in [1.807, 2.05) is 0 Å². The Kier molecular flexibility index (Phi) is 2.74. The molecule has 0 aromatic carbocycles. The average Bonchev–Trinajstić information content (AvgIpc) is 2.12. The Morgan fingerprint density at radius 1 is 1.50 bits per heavy atom. The topological polar surface area (TPSA) is 52.6 Å². The van der Waals surface area contributed by atoms with Crippen LogP contribution in [0.5, 0.6) is 0 Å². The summed E-state index contributed by atoms with van der Waals surface area (Å²) in [6.45, 7) is 4.13. The zero-order valence-electron chi connectivity index (χ0n) is 8.57. The Morgan fingerprint density at radius 3 is 2.79 bits per heavy atom. The van der Waals surface area contributed by atoms with E-state index in [2.05, 4.69) is 12.2 Å². The number of likely N-dealkylation sites (tertiary alicyclic amines) is 1. The molecular weight excluding hydrogens is 180 g/mol. The van der Waals surface area contributed by atoms with E-state index >= 15 is 0 Å². The SMILES string of the molecule is C[C@H]1C[C@@H](C(=O)N2CC(O)C2)CCN1. The number of amides is 1. The number of aliphatic hydroxyl groups excluding tert-OH is 1. The second-order valence-electron chi connectivity index (χ2n) is 4.47. The zero-order valence-corrected chi connectivity index (χ0v) is 8.57. The Morgan fingerprint density at radius 2 is 2.21 bits per heavy atom. The van der Waals surface area contributed by atoms with Crippen molar-refractivity contribution >= 4 is 5.91 Å². The summed E-state index contributed by atoms with van der Waals surface area (Å²) in [7, 11) is 0. The van der Waals surface area contributed by atoms with Crippen molar-refractivity contribution in [1.29, 1.82) is 0 Å². The van der Waals surface area contributed by atoms with Crippen LogP contribution in [0.25, 0.3) is 0 Å². The fourth-order valence-electron chi connectivity index (χ4n) is 2.25. The van der Waals surface area contributed by atoms with Crippen molar-refractivity contribution in [3.63, 3.8) is 0 Å². The summed E-state index contributed by atoms with van der Waals surface area (Å²) < 4.78 is 0. The second-order valence-corrected chi connectivity index (χ2v) is 4.47. The van der Waals surface area contributed by atoms with E-state index in [9.17, 15) is 4.79 Å². The minimum atomic E-state index is -0.280. The number of hydrogen-bond acceptors (Lipinski definition) is 3. The molecule has 14 heavy (non-hydrogen) atoms. The van der Waals surface area contributed by atoms with Crippen molar-refractivity contribution in [2.24, 2.45) is 5.92 Å². The number of rotatable bonds is 1. The highest BCUT2D eigenvalue weighted by atomic mass is 16.3. The molecule has 2 aliphatic heterocycles. The first-order chi connectivity index (χ1) is 6.66. The highest BCUT2D eigenvalue weighted by Gasteiger charge is 2.34. The van der Waals surface area contributed by atoms with E-state index in [4.69, 9.17) is 5.11 Å². The normalized spacial score (nSPS) is 34.0. The number of β-amino-alcohol motifs (C(OH)–C–C–N with tert-alkyl or cyclic N) is 1. The van der Waals surface area contributed by atoms with Crippen molar-refractivity contribution in [2.75, 3.05) is 19.6 Å². The van der Waals surface area contributed by atoms with Crippen molar-refractivity contribution in [3.05, 3.63) is 0 Å². The molecule has 2 saturated heterocycles. The van der Waals surface area contributed by atoms with Crippen LogP contribution in [0.1, 0.15) is 19.8 Å². The summed E-state index contributed by atoms with van der Waals surface area (Å²) in [5, 5.41) is 12.4. The Hall–Kier alpha value is -0.610. The van der Waals surface area contributed by atoms with Gasteiger partial charge in [0.1, 0.15) is 0 Å². The molecule has 2 rings (SSSR count). The molecule has 0 bridgehead atoms. The number of nitrogens with zero attached hydrogens (tertiary/aromatic N) is 1. The van der Waals surface area contributed by atoms with Gasteiger partial charge in [-0.05, 0) is 26.3 Å². The van der Waals surface area contributed by atoms with E-state index < -0.39 is 0 Å². The lowest BCUT2D eigenvalue weighted by Gasteiger charge is -2.39. The molecule has 0 aliphatic carbocycles. The van der Waals surface area contributed by atoms with E-state index in [1.54, 1.807) is 4.90 Å². The number of carbonyl (C=O) groups is 1. The van der Waals surface area contributed by atoms with Crippen LogP contribution in [0.15, 0.2) is 0 Å². The van der Waals surface area contributed by atoms with Crippen molar-refractivity contribution in [2.45, 2.75) is 31.9 Å². The monoisotopic (exact) mass is 198 g/mol. The van der Waals surface area contributed by atoms with E-state index in [1.165, 1.54) is 0 Å². The first kappa shape index (κ1) is 9.93. The van der Waals surface area contributed by atoms with Gasteiger partial charge in [-0.2, -0.15) is 0 Å². The standard InChI is InChI=1S/C10H18N2O2/c1-7-4-8(2-3-11-7)10(14)12-5-9(13)6-12/h7-9,11,13H,2-6H2,1H3/t7-,8-/m0/s1. The van der Waals surface area contributed by atoms with Gasteiger partial charge in [0.05, 0.1) is 6.10 Å². The summed E-state index contributed by atoms with van der Waals surface area (Å²) >= 11 is 0. The van der Waals surface area contributed by atoms with Gasteiger partial charge >= 0.3 is 0 Å². The Balaban J connectivity index is 1.85. The van der Waals surface area contributed by atoms with Crippen LogP contribution in [0.2, 0.25) is 0 Å². The van der Waals surface area contributed by atoms with Crippen molar-refractivity contribution in [1.82, 2.24) is 10.2 Å². The molecule has 0 aromatic rings. The third kappa shape index (κ3) is 1.91. The van der Waals surface area contributed by atoms with Crippen LogP contribution in [-0.2, 0) is 4.79 Å². The van der Waals surface area contributed by atoms with Gasteiger partial charge in [0.2, 0.25) is 5.91 Å². The molecular formula is C10H18N2O2. The average molecular weight is 198 g/mol. The minimum Gasteiger partial charge on any atom is -0.389 e. The van der Waals surface area contributed by atoms with Gasteiger partial charge in [0.15, 0.2) is 0 Å². The summed E-state index contributed by atoms with van der Waals surface area (Å²) in [5.74, 6) is 0.419.